The van der Waals surface area contributed by atoms with Crippen molar-refractivity contribution in [3.8, 4) is 11.8 Å². The van der Waals surface area contributed by atoms with Crippen LogP contribution in [-0.4, -0.2) is 0 Å². The lowest BCUT2D eigenvalue weighted by Gasteiger charge is -1.83. The van der Waals surface area contributed by atoms with E-state index >= 15 is 0 Å². The molecule has 0 aromatic heterocycles. The van der Waals surface area contributed by atoms with E-state index in [-0.39, 0.29) is 0 Å². The van der Waals surface area contributed by atoms with E-state index in [0.29, 0.717) is 0 Å². The molecule has 0 unspecified atom stereocenters. The molecule has 0 atom stereocenters. The summed E-state index contributed by atoms with van der Waals surface area (Å²) in [6, 6.07) is 0. The highest BCUT2D eigenvalue weighted by atomic mass is 13.8. The Bertz CT molecular complexity index is 101. The smallest absolute Gasteiger partial charge is 0.00915 e. The zero-order valence-corrected chi connectivity index (χ0v) is 5.41. The minimum absolute atomic E-state index is 1.02. The van der Waals surface area contributed by atoms with E-state index in [9.17, 15) is 0 Å². The average Bonchev–Trinajstić information content (AvgIpc) is 1.81. The third-order valence-electron chi connectivity index (χ3n) is 0.887. The molecule has 0 heteroatoms. The van der Waals surface area contributed by atoms with Crippen LogP contribution in [0.4, 0.5) is 0 Å². The Morgan fingerprint density at radius 1 is 1.62 bits per heavy atom. The minimum atomic E-state index is 1.02. The second-order valence-corrected chi connectivity index (χ2v) is 1.61. The first-order valence-corrected chi connectivity index (χ1v) is 2.92. The van der Waals surface area contributed by atoms with E-state index in [0.717, 1.165) is 19.3 Å². The fraction of sp³-hybridized carbons (Fsp3) is 0.500. The van der Waals surface area contributed by atoms with Crippen LogP contribution in [0.3, 0.4) is 0 Å². The molecule has 0 aliphatic carbocycles. The van der Waals surface area contributed by atoms with Crippen molar-refractivity contribution in [3.63, 3.8) is 0 Å². The summed E-state index contributed by atoms with van der Waals surface area (Å²) in [6.45, 7) is 5.48. The maximum Gasteiger partial charge on any atom is 0.00915 e. The van der Waals surface area contributed by atoms with Crippen molar-refractivity contribution in [2.45, 2.75) is 26.2 Å². The average molecular weight is 108 g/mol. The molecule has 0 N–H and O–H groups in total. The summed E-state index contributed by atoms with van der Waals surface area (Å²) in [5, 5.41) is 0. The van der Waals surface area contributed by atoms with Gasteiger partial charge in [0.05, 0.1) is 0 Å². The first-order valence-electron chi connectivity index (χ1n) is 2.92. The van der Waals surface area contributed by atoms with Crippen LogP contribution in [-0.2, 0) is 0 Å². The molecule has 0 rings (SSSR count). The Labute approximate surface area is 51.6 Å². The molecule has 0 saturated heterocycles. The predicted octanol–water partition coefficient (Wildman–Crippen LogP) is 2.37. The summed E-state index contributed by atoms with van der Waals surface area (Å²) in [6.07, 6.45) is 5.19. The Morgan fingerprint density at radius 2 is 2.38 bits per heavy atom. The van der Waals surface area contributed by atoms with Gasteiger partial charge in [-0.3, -0.25) is 0 Å². The van der Waals surface area contributed by atoms with Crippen LogP contribution < -0.4 is 0 Å². The molecule has 0 bridgehead atoms. The van der Waals surface area contributed by atoms with Crippen LogP contribution in [0.25, 0.3) is 0 Å². The van der Waals surface area contributed by atoms with Crippen molar-refractivity contribution < 1.29 is 0 Å². The second kappa shape index (κ2) is 6.30. The number of hydrogen-bond acceptors (Lipinski definition) is 0. The van der Waals surface area contributed by atoms with Crippen LogP contribution in [0, 0.1) is 11.8 Å². The Kier molecular flexibility index (Phi) is 5.75. The van der Waals surface area contributed by atoms with Gasteiger partial charge in [0.15, 0.2) is 0 Å². The molecule has 44 valence electrons. The molecule has 8 heavy (non-hydrogen) atoms. The van der Waals surface area contributed by atoms with Gasteiger partial charge in [-0.15, -0.1) is 18.4 Å². The molecule has 0 spiro atoms. The van der Waals surface area contributed by atoms with Gasteiger partial charge in [0.2, 0.25) is 0 Å². The normalized spacial score (nSPS) is 7.12. The Morgan fingerprint density at radius 3 is 2.88 bits per heavy atom. The molecule has 0 amide bonds. The van der Waals surface area contributed by atoms with Crippen LogP contribution >= 0.6 is 0 Å². The van der Waals surface area contributed by atoms with E-state index in [1.165, 1.54) is 0 Å². The molecule has 0 heterocycles. The molecule has 0 aromatic carbocycles. The van der Waals surface area contributed by atoms with Crippen molar-refractivity contribution >= 4 is 0 Å². The summed E-state index contributed by atoms with van der Waals surface area (Å²) in [7, 11) is 0. The molecule has 0 saturated carbocycles. The summed E-state index contributed by atoms with van der Waals surface area (Å²) >= 11 is 0. The van der Waals surface area contributed by atoms with E-state index in [4.69, 9.17) is 0 Å². The zero-order chi connectivity index (χ0) is 6.24. The monoisotopic (exact) mass is 108 g/mol. The SMILES string of the molecule is C=CCCCC#CC. The molecular formula is C8H12. The van der Waals surface area contributed by atoms with Gasteiger partial charge in [-0.1, -0.05) is 6.08 Å². The van der Waals surface area contributed by atoms with Gasteiger partial charge in [0, 0.05) is 6.42 Å². The fourth-order valence-electron chi connectivity index (χ4n) is 0.460. The highest BCUT2D eigenvalue weighted by Gasteiger charge is 1.75. The topological polar surface area (TPSA) is 0 Å². The lowest BCUT2D eigenvalue weighted by Crippen LogP contribution is -1.66. The number of rotatable bonds is 3. The quantitative estimate of drug-likeness (QED) is 0.296. The van der Waals surface area contributed by atoms with Crippen molar-refractivity contribution in [2.24, 2.45) is 0 Å². The van der Waals surface area contributed by atoms with Gasteiger partial charge in [-0.05, 0) is 19.8 Å². The first-order chi connectivity index (χ1) is 3.91. The van der Waals surface area contributed by atoms with Crippen LogP contribution in [0.1, 0.15) is 26.2 Å². The lowest BCUT2D eigenvalue weighted by molar-refractivity contribution is 0.886. The van der Waals surface area contributed by atoms with Crippen molar-refractivity contribution in [1.29, 1.82) is 0 Å². The van der Waals surface area contributed by atoms with Crippen LogP contribution in [0.5, 0.6) is 0 Å². The zero-order valence-electron chi connectivity index (χ0n) is 5.41. The molecule has 0 aliphatic heterocycles. The number of unbranched alkanes of at least 4 members (excludes halogenated alkanes) is 2. The Balaban J connectivity index is 2.89. The summed E-state index contributed by atoms with van der Waals surface area (Å²) < 4.78 is 0. The van der Waals surface area contributed by atoms with Crippen molar-refractivity contribution in [2.75, 3.05) is 0 Å². The molecule has 0 aliphatic rings. The summed E-state index contributed by atoms with van der Waals surface area (Å²) in [5.74, 6) is 5.83. The molecule has 0 radical (unpaired) electrons. The van der Waals surface area contributed by atoms with Gasteiger partial charge in [0.1, 0.15) is 0 Å². The van der Waals surface area contributed by atoms with Gasteiger partial charge in [-0.25, -0.2) is 0 Å². The van der Waals surface area contributed by atoms with Gasteiger partial charge in [0.25, 0.3) is 0 Å². The minimum Gasteiger partial charge on any atom is -0.107 e. The van der Waals surface area contributed by atoms with Gasteiger partial charge in [-0.2, -0.15) is 0 Å². The predicted molar refractivity (Wildman–Crippen MR) is 37.5 cm³/mol. The van der Waals surface area contributed by atoms with E-state index in [2.05, 4.69) is 18.4 Å². The van der Waals surface area contributed by atoms with E-state index in [1.54, 1.807) is 0 Å². The summed E-state index contributed by atoms with van der Waals surface area (Å²) in [5.41, 5.74) is 0. The van der Waals surface area contributed by atoms with Crippen LogP contribution in [0.2, 0.25) is 0 Å². The third kappa shape index (κ3) is 5.30. The standard InChI is InChI=1S/C8H12/c1-3-5-7-8-6-4-2/h3H,1,5,7-8H2,2H3. The number of hydrogen-bond donors (Lipinski definition) is 0. The van der Waals surface area contributed by atoms with Crippen molar-refractivity contribution in [1.82, 2.24) is 0 Å². The Hall–Kier alpha value is -0.700. The first kappa shape index (κ1) is 7.30. The maximum atomic E-state index is 3.61. The second-order valence-electron chi connectivity index (χ2n) is 1.61. The fourth-order valence-corrected chi connectivity index (χ4v) is 0.460. The van der Waals surface area contributed by atoms with Gasteiger partial charge >= 0.3 is 0 Å². The van der Waals surface area contributed by atoms with Crippen molar-refractivity contribution in [3.05, 3.63) is 12.7 Å². The van der Waals surface area contributed by atoms with Crippen LogP contribution in [0.15, 0.2) is 12.7 Å². The third-order valence-corrected chi connectivity index (χ3v) is 0.887. The number of allylic oxidation sites excluding steroid dienone is 1. The largest absolute Gasteiger partial charge is 0.107 e. The summed E-state index contributed by atoms with van der Waals surface area (Å²) in [4.78, 5) is 0. The maximum absolute atomic E-state index is 3.61. The van der Waals surface area contributed by atoms with E-state index in [1.807, 2.05) is 13.0 Å². The molecule has 0 aromatic rings. The lowest BCUT2D eigenvalue weighted by atomic mass is 10.2. The van der Waals surface area contributed by atoms with Gasteiger partial charge < -0.3 is 0 Å². The highest BCUT2D eigenvalue weighted by molar-refractivity contribution is 4.94. The molecule has 0 fully saturated rings. The van der Waals surface area contributed by atoms with E-state index < -0.39 is 0 Å². The molecular weight excluding hydrogens is 96.1 g/mol. The highest BCUT2D eigenvalue weighted by Crippen LogP contribution is 1.92. The molecule has 0 nitrogen and oxygen atoms in total.